The molecule has 13 aromatic rings. The number of benzene rings is 13. The molecular formula is C94H86. The zero-order valence-corrected chi connectivity index (χ0v) is 56.9. The Morgan fingerprint density at radius 2 is 0.362 bits per heavy atom. The van der Waals surface area contributed by atoms with E-state index in [0.29, 0.717) is 0 Å². The second-order valence-corrected chi connectivity index (χ2v) is 29.8. The van der Waals surface area contributed by atoms with Crippen LogP contribution in [0.25, 0.3) is 112 Å². The molecule has 0 nitrogen and oxygen atoms in total. The molecule has 0 radical (unpaired) electrons. The molecule has 13 rings (SSSR count). The lowest BCUT2D eigenvalue weighted by Crippen LogP contribution is -2.10. The Labute approximate surface area is 559 Å². The molecule has 0 aliphatic rings. The second-order valence-electron chi connectivity index (χ2n) is 29.8. The van der Waals surface area contributed by atoms with E-state index in [9.17, 15) is 0 Å². The number of hydrogen-bond acceptors (Lipinski definition) is 0. The smallest absolute Gasteiger partial charge is 0.00264 e. The zero-order valence-electron chi connectivity index (χ0n) is 56.9. The molecule has 0 heteroatoms. The first-order chi connectivity index (χ1) is 45.1. The zero-order chi connectivity index (χ0) is 65.5. The van der Waals surface area contributed by atoms with E-state index in [2.05, 4.69) is 386 Å². The molecule has 0 aliphatic heterocycles. The SMILES string of the molecule is CC(C)(C)c1ccc(-c2ccc(C=C(c3ccc(-c4ccc(C(C)(C)C)cc4)cc3)c3ccc(-c4c5ccccc5c(-c5ccc(C(=Cc6ccc(-c7ccc(C(C)(C)C)cc7)cc6)c6ccc(-c7ccc(C(C)(C)C)cc7)cc6)cc5)c5ccccc45)cc3)cc2)cc1. The third-order valence-corrected chi connectivity index (χ3v) is 19.1. The highest BCUT2D eigenvalue weighted by Gasteiger charge is 2.21. The number of fused-ring (bicyclic) bond motifs is 2. The Balaban J connectivity index is 0.853. The molecule has 0 spiro atoms. The summed E-state index contributed by atoms with van der Waals surface area (Å²) in [6.07, 6.45) is 4.71. The molecule has 0 saturated carbocycles. The van der Waals surface area contributed by atoms with E-state index in [1.807, 2.05) is 0 Å². The first-order valence-electron chi connectivity index (χ1n) is 33.5. The fourth-order valence-corrected chi connectivity index (χ4v) is 13.3. The maximum absolute atomic E-state index is 2.35. The quantitative estimate of drug-likeness (QED) is 0.0845. The number of hydrogen-bond donors (Lipinski definition) is 0. The van der Waals surface area contributed by atoms with Gasteiger partial charge in [-0.2, -0.15) is 0 Å². The Bertz CT molecular complexity index is 4500. The van der Waals surface area contributed by atoms with Crippen LogP contribution in [0, 0.1) is 0 Å². The van der Waals surface area contributed by atoms with Crippen LogP contribution in [-0.2, 0) is 21.7 Å². The van der Waals surface area contributed by atoms with Gasteiger partial charge in [-0.05, 0) is 189 Å². The van der Waals surface area contributed by atoms with Crippen LogP contribution in [-0.4, -0.2) is 0 Å². The van der Waals surface area contributed by atoms with E-state index in [4.69, 9.17) is 0 Å². The van der Waals surface area contributed by atoms with Crippen LogP contribution in [0.15, 0.2) is 291 Å². The fourth-order valence-electron chi connectivity index (χ4n) is 13.3. The Kier molecular flexibility index (Phi) is 16.9. The van der Waals surface area contributed by atoms with Gasteiger partial charge in [-0.25, -0.2) is 0 Å². The van der Waals surface area contributed by atoms with E-state index >= 15 is 0 Å². The van der Waals surface area contributed by atoms with Crippen molar-refractivity contribution in [1.82, 2.24) is 0 Å². The molecule has 13 aromatic carbocycles. The van der Waals surface area contributed by atoms with Crippen molar-refractivity contribution in [2.45, 2.75) is 105 Å². The summed E-state index contributed by atoms with van der Waals surface area (Å²) in [4.78, 5) is 0. The summed E-state index contributed by atoms with van der Waals surface area (Å²) < 4.78 is 0. The van der Waals surface area contributed by atoms with Gasteiger partial charge in [0.05, 0.1) is 0 Å². The summed E-state index contributed by atoms with van der Waals surface area (Å²) in [6.45, 7) is 27.2. The van der Waals surface area contributed by atoms with Gasteiger partial charge in [0.1, 0.15) is 0 Å². The maximum Gasteiger partial charge on any atom is -0.00264 e. The van der Waals surface area contributed by atoms with Crippen LogP contribution in [0.3, 0.4) is 0 Å². The predicted molar refractivity (Wildman–Crippen MR) is 409 cm³/mol. The van der Waals surface area contributed by atoms with Crippen molar-refractivity contribution in [2.75, 3.05) is 0 Å². The molecule has 0 amide bonds. The van der Waals surface area contributed by atoms with Gasteiger partial charge in [-0.15, -0.1) is 0 Å². The van der Waals surface area contributed by atoms with Crippen molar-refractivity contribution in [1.29, 1.82) is 0 Å². The van der Waals surface area contributed by atoms with Gasteiger partial charge in [-0.1, -0.05) is 374 Å². The van der Waals surface area contributed by atoms with Crippen LogP contribution in [0.5, 0.6) is 0 Å². The highest BCUT2D eigenvalue weighted by atomic mass is 14.2. The van der Waals surface area contributed by atoms with Crippen LogP contribution >= 0.6 is 0 Å². The minimum absolute atomic E-state index is 0.0982. The number of rotatable bonds is 12. The molecule has 0 unspecified atom stereocenters. The predicted octanol–water partition coefficient (Wildman–Crippen LogP) is 26.4. The molecular weight excluding hydrogens is 1130 g/mol. The van der Waals surface area contributed by atoms with E-state index in [-0.39, 0.29) is 21.7 Å². The fraction of sp³-hybridized carbons (Fsp3) is 0.170. The van der Waals surface area contributed by atoms with Crippen molar-refractivity contribution in [3.63, 3.8) is 0 Å². The standard InChI is InChI=1S/C94H86/c1-91(2,3)79-53-45-69(46-54-79)65-25-21-63(22-26-65)61-87(73-33-29-67(30-34-73)71-49-57-81(58-50-71)93(7,8)9)75-37-41-77(42-38-75)89-83-17-13-15-19-85(83)90(86-20-16-14-18-84(86)89)78-43-39-76(40-44-78)88(74-35-31-68(32-36-74)72-51-59-82(60-52-72)94(10,11)12)62-64-23-27-66(28-24-64)70-47-55-80(56-48-70)92(4,5)6/h13-62H,1-12H3. The van der Waals surface area contributed by atoms with Crippen molar-refractivity contribution in [3.8, 4) is 66.8 Å². The summed E-state index contributed by atoms with van der Waals surface area (Å²) in [5, 5.41) is 4.91. The Morgan fingerprint density at radius 1 is 0.191 bits per heavy atom. The summed E-state index contributed by atoms with van der Waals surface area (Å²) in [5.41, 5.74) is 29.6. The van der Waals surface area contributed by atoms with Crippen molar-refractivity contribution >= 4 is 44.8 Å². The highest BCUT2D eigenvalue weighted by Crippen LogP contribution is 2.45. The lowest BCUT2D eigenvalue weighted by Gasteiger charge is -2.19. The molecule has 0 aliphatic carbocycles. The van der Waals surface area contributed by atoms with Crippen LogP contribution < -0.4 is 0 Å². The maximum atomic E-state index is 2.35. The van der Waals surface area contributed by atoms with Gasteiger partial charge >= 0.3 is 0 Å². The Hall–Kier alpha value is -10.1. The van der Waals surface area contributed by atoms with E-state index in [0.717, 1.165) is 22.3 Å². The monoisotopic (exact) mass is 1210 g/mol. The van der Waals surface area contributed by atoms with E-state index in [1.54, 1.807) is 0 Å². The lowest BCUT2D eigenvalue weighted by atomic mass is 9.84. The molecule has 462 valence electrons. The van der Waals surface area contributed by atoms with Gasteiger partial charge < -0.3 is 0 Å². The van der Waals surface area contributed by atoms with Crippen molar-refractivity contribution in [2.24, 2.45) is 0 Å². The minimum Gasteiger partial charge on any atom is -0.0616 e. The van der Waals surface area contributed by atoms with Gasteiger partial charge in [0, 0.05) is 0 Å². The minimum atomic E-state index is 0.0982. The average Bonchev–Trinajstić information content (AvgIpc) is 0.756. The van der Waals surface area contributed by atoms with Crippen LogP contribution in [0.4, 0.5) is 0 Å². The summed E-state index contributed by atoms with van der Waals surface area (Å²) in [7, 11) is 0. The lowest BCUT2D eigenvalue weighted by molar-refractivity contribution is 0.590. The topological polar surface area (TPSA) is 0 Å². The van der Waals surface area contributed by atoms with Crippen LogP contribution in [0.1, 0.15) is 139 Å². The normalized spacial score (nSPS) is 12.6. The molecule has 94 heavy (non-hydrogen) atoms. The second kappa shape index (κ2) is 25.4. The molecule has 0 bridgehead atoms. The van der Waals surface area contributed by atoms with Gasteiger partial charge in [0.15, 0.2) is 0 Å². The largest absolute Gasteiger partial charge is 0.0616 e. The molecule has 0 fully saturated rings. The van der Waals surface area contributed by atoms with Gasteiger partial charge in [0.25, 0.3) is 0 Å². The first kappa shape index (κ1) is 62.7. The highest BCUT2D eigenvalue weighted by molar-refractivity contribution is 6.21. The van der Waals surface area contributed by atoms with Gasteiger partial charge in [0.2, 0.25) is 0 Å². The Morgan fingerprint density at radius 3 is 0.553 bits per heavy atom. The third kappa shape index (κ3) is 13.4. The first-order valence-corrected chi connectivity index (χ1v) is 33.5. The van der Waals surface area contributed by atoms with E-state index in [1.165, 1.54) is 133 Å². The van der Waals surface area contributed by atoms with Gasteiger partial charge in [-0.3, -0.25) is 0 Å². The van der Waals surface area contributed by atoms with E-state index < -0.39 is 0 Å². The molecule has 0 aromatic heterocycles. The molecule has 0 N–H and O–H groups in total. The third-order valence-electron chi connectivity index (χ3n) is 19.1. The summed E-state index contributed by atoms with van der Waals surface area (Å²) >= 11 is 0. The summed E-state index contributed by atoms with van der Waals surface area (Å²) in [5.74, 6) is 0. The average molecular weight is 1220 g/mol. The molecule has 0 saturated heterocycles. The molecule has 0 heterocycles. The van der Waals surface area contributed by atoms with Crippen LogP contribution in [0.2, 0.25) is 0 Å². The molecule has 0 atom stereocenters. The van der Waals surface area contributed by atoms with Crippen molar-refractivity contribution in [3.05, 3.63) is 347 Å². The summed E-state index contributed by atoms with van der Waals surface area (Å²) in [6, 6.07) is 109. The van der Waals surface area contributed by atoms with Crippen molar-refractivity contribution < 1.29 is 0 Å².